The van der Waals surface area contributed by atoms with E-state index < -0.39 is 5.91 Å². The lowest BCUT2D eigenvalue weighted by molar-refractivity contribution is 0.1000. The van der Waals surface area contributed by atoms with Gasteiger partial charge in [0.15, 0.2) is 5.82 Å². The van der Waals surface area contributed by atoms with Gasteiger partial charge in [-0.3, -0.25) is 4.79 Å². The number of aromatic nitrogens is 2. The van der Waals surface area contributed by atoms with Gasteiger partial charge >= 0.3 is 0 Å². The maximum Gasteiger partial charge on any atom is 0.248 e. The third-order valence-corrected chi connectivity index (χ3v) is 4.15. The first kappa shape index (κ1) is 15.4. The van der Waals surface area contributed by atoms with E-state index in [-0.39, 0.29) is 0 Å². The van der Waals surface area contributed by atoms with E-state index in [1.807, 2.05) is 30.3 Å². The normalized spacial score (nSPS) is 17.4. The fourth-order valence-electron chi connectivity index (χ4n) is 3.01. The van der Waals surface area contributed by atoms with Gasteiger partial charge in [-0.25, -0.2) is 0 Å². The van der Waals surface area contributed by atoms with Crippen LogP contribution in [-0.4, -0.2) is 35.2 Å². The first-order chi connectivity index (χ1) is 11.2. The highest BCUT2D eigenvalue weighted by atomic mass is 16.1. The summed E-state index contributed by atoms with van der Waals surface area (Å²) in [5.41, 5.74) is 6.92. The average Bonchev–Trinajstić information content (AvgIpc) is 3.04. The minimum atomic E-state index is -0.392. The molecule has 1 atom stereocenters. The Labute approximate surface area is 135 Å². The molecule has 23 heavy (non-hydrogen) atoms. The van der Waals surface area contributed by atoms with Crippen molar-refractivity contribution in [1.82, 2.24) is 15.5 Å². The van der Waals surface area contributed by atoms with E-state index in [1.165, 1.54) is 6.42 Å². The van der Waals surface area contributed by atoms with Gasteiger partial charge in [0.05, 0.1) is 0 Å². The molecule has 0 radical (unpaired) electrons. The topological polar surface area (TPSA) is 84.1 Å². The number of primary amides is 1. The van der Waals surface area contributed by atoms with Crippen molar-refractivity contribution in [3.63, 3.8) is 0 Å². The highest BCUT2D eigenvalue weighted by molar-refractivity contribution is 5.92. The van der Waals surface area contributed by atoms with Gasteiger partial charge in [-0.05, 0) is 42.7 Å². The molecule has 1 aliphatic heterocycles. The summed E-state index contributed by atoms with van der Waals surface area (Å²) >= 11 is 0. The average molecular weight is 311 g/mol. The standard InChI is InChI=1S/C17H21N5O/c18-17(23)14-5-1-4-13(10-14)11-19-12-15-6-3-9-22(15)16-7-2-8-20-21-16/h1-2,4-5,7-8,10,15,19H,3,6,9,11-12H2,(H2,18,23). The summed E-state index contributed by atoms with van der Waals surface area (Å²) in [4.78, 5) is 13.5. The second-order valence-electron chi connectivity index (χ2n) is 5.77. The summed E-state index contributed by atoms with van der Waals surface area (Å²) in [5.74, 6) is 0.545. The van der Waals surface area contributed by atoms with Crippen LogP contribution < -0.4 is 16.0 Å². The Morgan fingerprint density at radius 2 is 2.26 bits per heavy atom. The third kappa shape index (κ3) is 3.84. The van der Waals surface area contributed by atoms with Crippen molar-refractivity contribution in [3.8, 4) is 0 Å². The van der Waals surface area contributed by atoms with Crippen LogP contribution in [0, 0.1) is 0 Å². The number of rotatable bonds is 6. The molecule has 2 aromatic rings. The number of benzene rings is 1. The molecular formula is C17H21N5O. The fourth-order valence-corrected chi connectivity index (χ4v) is 3.01. The first-order valence-electron chi connectivity index (χ1n) is 7.88. The van der Waals surface area contributed by atoms with Gasteiger partial charge in [0.2, 0.25) is 5.91 Å². The van der Waals surface area contributed by atoms with E-state index in [9.17, 15) is 4.79 Å². The lowest BCUT2D eigenvalue weighted by atomic mass is 10.1. The summed E-state index contributed by atoms with van der Waals surface area (Å²) in [7, 11) is 0. The Morgan fingerprint density at radius 1 is 1.35 bits per heavy atom. The smallest absolute Gasteiger partial charge is 0.248 e. The monoisotopic (exact) mass is 311 g/mol. The van der Waals surface area contributed by atoms with Gasteiger partial charge in [-0.2, -0.15) is 5.10 Å². The van der Waals surface area contributed by atoms with Crippen LogP contribution in [0.4, 0.5) is 5.82 Å². The Hall–Kier alpha value is -2.47. The predicted molar refractivity (Wildman–Crippen MR) is 89.1 cm³/mol. The number of nitrogens with zero attached hydrogens (tertiary/aromatic N) is 3. The number of hydrogen-bond donors (Lipinski definition) is 2. The zero-order valence-electron chi connectivity index (χ0n) is 13.0. The van der Waals surface area contributed by atoms with Crippen LogP contribution in [0.3, 0.4) is 0 Å². The van der Waals surface area contributed by atoms with Crippen molar-refractivity contribution in [3.05, 3.63) is 53.7 Å². The highest BCUT2D eigenvalue weighted by Crippen LogP contribution is 2.22. The molecule has 1 aromatic carbocycles. The molecule has 1 amide bonds. The van der Waals surface area contributed by atoms with E-state index in [0.717, 1.165) is 30.9 Å². The zero-order chi connectivity index (χ0) is 16.1. The number of amides is 1. The second kappa shape index (κ2) is 7.19. The SMILES string of the molecule is NC(=O)c1cccc(CNCC2CCCN2c2cccnn2)c1. The molecule has 3 N–H and O–H groups in total. The van der Waals surface area contributed by atoms with Gasteiger partial charge < -0.3 is 16.0 Å². The molecule has 120 valence electrons. The summed E-state index contributed by atoms with van der Waals surface area (Å²) in [6.45, 7) is 2.60. The minimum absolute atomic E-state index is 0.392. The Balaban J connectivity index is 1.56. The van der Waals surface area contributed by atoms with E-state index in [4.69, 9.17) is 5.73 Å². The molecular weight excluding hydrogens is 290 g/mol. The van der Waals surface area contributed by atoms with Crippen molar-refractivity contribution in [2.75, 3.05) is 18.0 Å². The molecule has 0 spiro atoms. The molecule has 1 aromatic heterocycles. The Bertz CT molecular complexity index is 661. The van der Waals surface area contributed by atoms with Gasteiger partial charge in [-0.1, -0.05) is 12.1 Å². The molecule has 2 heterocycles. The molecule has 3 rings (SSSR count). The maximum atomic E-state index is 11.2. The summed E-state index contributed by atoms with van der Waals surface area (Å²) in [5, 5.41) is 11.6. The lowest BCUT2D eigenvalue weighted by Crippen LogP contribution is -2.38. The molecule has 1 unspecified atom stereocenters. The van der Waals surface area contributed by atoms with Gasteiger partial charge in [-0.15, -0.1) is 5.10 Å². The maximum absolute atomic E-state index is 11.2. The van der Waals surface area contributed by atoms with E-state index in [0.29, 0.717) is 18.2 Å². The second-order valence-corrected chi connectivity index (χ2v) is 5.77. The summed E-state index contributed by atoms with van der Waals surface area (Å²) in [6.07, 6.45) is 4.00. The molecule has 6 nitrogen and oxygen atoms in total. The predicted octanol–water partition coefficient (Wildman–Crippen LogP) is 1.33. The van der Waals surface area contributed by atoms with Crippen molar-refractivity contribution < 1.29 is 4.79 Å². The Kier molecular flexibility index (Phi) is 4.83. The van der Waals surface area contributed by atoms with Crippen LogP contribution in [0.25, 0.3) is 0 Å². The largest absolute Gasteiger partial charge is 0.366 e. The number of nitrogens with one attached hydrogen (secondary N) is 1. The van der Waals surface area contributed by atoms with Crippen LogP contribution in [0.1, 0.15) is 28.8 Å². The number of hydrogen-bond acceptors (Lipinski definition) is 5. The first-order valence-corrected chi connectivity index (χ1v) is 7.88. The Morgan fingerprint density at radius 3 is 3.04 bits per heavy atom. The van der Waals surface area contributed by atoms with E-state index >= 15 is 0 Å². The van der Waals surface area contributed by atoms with Gasteiger partial charge in [0.25, 0.3) is 0 Å². The number of anilines is 1. The summed E-state index contributed by atoms with van der Waals surface area (Å²) < 4.78 is 0. The van der Waals surface area contributed by atoms with E-state index in [1.54, 1.807) is 12.3 Å². The quantitative estimate of drug-likeness (QED) is 0.841. The molecule has 6 heteroatoms. The minimum Gasteiger partial charge on any atom is -0.366 e. The van der Waals surface area contributed by atoms with Crippen LogP contribution in [-0.2, 0) is 6.54 Å². The highest BCUT2D eigenvalue weighted by Gasteiger charge is 2.25. The molecule has 1 fully saturated rings. The van der Waals surface area contributed by atoms with Crippen molar-refractivity contribution in [1.29, 1.82) is 0 Å². The molecule has 1 aliphatic rings. The van der Waals surface area contributed by atoms with Crippen LogP contribution in [0.2, 0.25) is 0 Å². The van der Waals surface area contributed by atoms with Crippen molar-refractivity contribution in [2.45, 2.75) is 25.4 Å². The number of carbonyl (C=O) groups excluding carboxylic acids is 1. The lowest BCUT2D eigenvalue weighted by Gasteiger charge is -2.25. The van der Waals surface area contributed by atoms with Gasteiger partial charge in [0, 0.05) is 37.4 Å². The molecule has 0 aliphatic carbocycles. The third-order valence-electron chi connectivity index (χ3n) is 4.15. The van der Waals surface area contributed by atoms with Crippen LogP contribution in [0.5, 0.6) is 0 Å². The van der Waals surface area contributed by atoms with Crippen LogP contribution >= 0.6 is 0 Å². The van der Waals surface area contributed by atoms with Crippen LogP contribution in [0.15, 0.2) is 42.6 Å². The number of nitrogens with two attached hydrogens (primary N) is 1. The fraction of sp³-hybridized carbons (Fsp3) is 0.353. The zero-order valence-corrected chi connectivity index (χ0v) is 13.0. The van der Waals surface area contributed by atoms with Crippen molar-refractivity contribution in [2.24, 2.45) is 5.73 Å². The molecule has 0 bridgehead atoms. The molecule has 0 saturated carbocycles. The number of carbonyl (C=O) groups is 1. The molecule has 1 saturated heterocycles. The van der Waals surface area contributed by atoms with Crippen molar-refractivity contribution >= 4 is 11.7 Å². The van der Waals surface area contributed by atoms with Gasteiger partial charge in [0.1, 0.15) is 0 Å². The summed E-state index contributed by atoms with van der Waals surface area (Å²) in [6, 6.07) is 11.8. The van der Waals surface area contributed by atoms with E-state index in [2.05, 4.69) is 20.4 Å².